The molecular formula is C9H9Cl2F3N2O. The quantitative estimate of drug-likeness (QED) is 0.860. The van der Waals surface area contributed by atoms with Crippen molar-refractivity contribution in [2.45, 2.75) is 19.0 Å². The number of ether oxygens (including phenoxy) is 1. The van der Waals surface area contributed by atoms with Crippen LogP contribution in [0.2, 0.25) is 10.0 Å². The molecule has 0 bridgehead atoms. The minimum Gasteiger partial charge on any atom is -0.477 e. The molecule has 2 N–H and O–H groups in total. The van der Waals surface area contributed by atoms with Gasteiger partial charge in [0.2, 0.25) is 5.88 Å². The van der Waals surface area contributed by atoms with E-state index in [0.29, 0.717) is 0 Å². The maximum atomic E-state index is 11.8. The third-order valence-corrected chi connectivity index (χ3v) is 2.34. The zero-order chi connectivity index (χ0) is 13.1. The summed E-state index contributed by atoms with van der Waals surface area (Å²) in [5.74, 6) is -0.00220. The number of hydrogen-bond acceptors (Lipinski definition) is 3. The molecule has 1 rings (SSSR count). The number of alkyl halides is 3. The molecule has 0 spiro atoms. The third kappa shape index (κ3) is 4.87. The Hall–Kier alpha value is -0.880. The zero-order valence-corrected chi connectivity index (χ0v) is 10.0. The standard InChI is InChI=1S/C9H9Cl2F3N2O/c10-5-4-6(11)8(16-7(5)15)17-3-1-2-9(12,13)14/h4H,1-3H2,(H2,15,16). The van der Waals surface area contributed by atoms with Crippen LogP contribution in [0.3, 0.4) is 0 Å². The first kappa shape index (κ1) is 14.2. The van der Waals surface area contributed by atoms with Crippen LogP contribution in [0.25, 0.3) is 0 Å². The number of nitrogens with two attached hydrogens (primary N) is 1. The molecule has 0 aliphatic carbocycles. The monoisotopic (exact) mass is 288 g/mol. The Balaban J connectivity index is 2.50. The van der Waals surface area contributed by atoms with Crippen molar-refractivity contribution in [2.75, 3.05) is 12.3 Å². The second-order valence-electron chi connectivity index (χ2n) is 3.21. The number of hydrogen-bond donors (Lipinski definition) is 1. The van der Waals surface area contributed by atoms with Crippen molar-refractivity contribution in [1.82, 2.24) is 4.98 Å². The van der Waals surface area contributed by atoms with Crippen LogP contribution in [0.4, 0.5) is 19.0 Å². The van der Waals surface area contributed by atoms with Crippen LogP contribution in [-0.2, 0) is 0 Å². The molecule has 8 heteroatoms. The molecule has 0 amide bonds. The summed E-state index contributed by atoms with van der Waals surface area (Å²) in [6.45, 7) is -0.146. The number of anilines is 1. The summed E-state index contributed by atoms with van der Waals surface area (Å²) in [5.41, 5.74) is 5.40. The summed E-state index contributed by atoms with van der Waals surface area (Å²) in [5, 5.41) is 0.272. The summed E-state index contributed by atoms with van der Waals surface area (Å²) >= 11 is 11.4. The fraction of sp³-hybridized carbons (Fsp3) is 0.444. The number of aromatic nitrogens is 1. The molecule has 17 heavy (non-hydrogen) atoms. The molecular weight excluding hydrogens is 280 g/mol. The van der Waals surface area contributed by atoms with E-state index in [1.54, 1.807) is 0 Å². The summed E-state index contributed by atoms with van der Waals surface area (Å²) < 4.78 is 40.5. The van der Waals surface area contributed by atoms with Crippen LogP contribution in [0.1, 0.15) is 12.8 Å². The lowest BCUT2D eigenvalue weighted by atomic mass is 10.3. The third-order valence-electron chi connectivity index (χ3n) is 1.77. The number of rotatable bonds is 4. The van der Waals surface area contributed by atoms with E-state index in [1.807, 2.05) is 0 Å². The number of nitrogens with zero attached hydrogens (tertiary/aromatic N) is 1. The SMILES string of the molecule is Nc1nc(OCCCC(F)(F)F)c(Cl)cc1Cl. The summed E-state index contributed by atoms with van der Waals surface area (Å²) in [4.78, 5) is 3.72. The molecule has 0 atom stereocenters. The van der Waals surface area contributed by atoms with Gasteiger partial charge in [0.15, 0.2) is 0 Å². The highest BCUT2D eigenvalue weighted by Gasteiger charge is 2.26. The summed E-state index contributed by atoms with van der Waals surface area (Å²) in [7, 11) is 0. The summed E-state index contributed by atoms with van der Waals surface area (Å²) in [6, 6.07) is 1.32. The lowest BCUT2D eigenvalue weighted by Gasteiger charge is -2.09. The predicted molar refractivity (Wildman–Crippen MR) is 59.5 cm³/mol. The number of halogens is 5. The molecule has 0 saturated carbocycles. The Morgan fingerprint density at radius 1 is 1.29 bits per heavy atom. The van der Waals surface area contributed by atoms with E-state index >= 15 is 0 Å². The van der Waals surface area contributed by atoms with Gasteiger partial charge >= 0.3 is 6.18 Å². The zero-order valence-electron chi connectivity index (χ0n) is 8.52. The van der Waals surface area contributed by atoms with Gasteiger partial charge < -0.3 is 10.5 Å². The highest BCUT2D eigenvalue weighted by atomic mass is 35.5. The van der Waals surface area contributed by atoms with Gasteiger partial charge in [0.1, 0.15) is 10.8 Å². The van der Waals surface area contributed by atoms with Crippen LogP contribution in [-0.4, -0.2) is 17.8 Å². The van der Waals surface area contributed by atoms with Crippen molar-refractivity contribution < 1.29 is 17.9 Å². The Morgan fingerprint density at radius 3 is 2.53 bits per heavy atom. The smallest absolute Gasteiger partial charge is 0.389 e. The van der Waals surface area contributed by atoms with E-state index in [4.69, 9.17) is 33.7 Å². The van der Waals surface area contributed by atoms with E-state index in [0.717, 1.165) is 0 Å². The first-order valence-corrected chi connectivity index (χ1v) is 5.36. The highest BCUT2D eigenvalue weighted by Crippen LogP contribution is 2.29. The molecule has 0 saturated heterocycles. The lowest BCUT2D eigenvalue weighted by Crippen LogP contribution is -2.10. The van der Waals surface area contributed by atoms with E-state index in [2.05, 4.69) is 4.98 Å². The molecule has 0 fully saturated rings. The molecule has 0 radical (unpaired) electrons. The molecule has 1 aromatic heterocycles. The normalized spacial score (nSPS) is 11.6. The predicted octanol–water partition coefficient (Wildman–Crippen LogP) is 3.69. The van der Waals surface area contributed by atoms with Crippen molar-refractivity contribution >= 4 is 29.0 Å². The van der Waals surface area contributed by atoms with Crippen molar-refractivity contribution in [3.8, 4) is 5.88 Å². The van der Waals surface area contributed by atoms with Crippen LogP contribution in [0.15, 0.2) is 6.07 Å². The maximum Gasteiger partial charge on any atom is 0.389 e. The Bertz CT molecular complexity index is 399. The van der Waals surface area contributed by atoms with Gasteiger partial charge in [-0.2, -0.15) is 18.2 Å². The lowest BCUT2D eigenvalue weighted by molar-refractivity contribution is -0.136. The molecule has 0 aliphatic heterocycles. The largest absolute Gasteiger partial charge is 0.477 e. The van der Waals surface area contributed by atoms with Crippen LogP contribution in [0, 0.1) is 0 Å². The Labute approximate surface area is 106 Å². The van der Waals surface area contributed by atoms with Gasteiger partial charge in [0.05, 0.1) is 11.6 Å². The average Bonchev–Trinajstić information content (AvgIpc) is 2.18. The van der Waals surface area contributed by atoms with Crippen molar-refractivity contribution in [3.05, 3.63) is 16.1 Å². The fourth-order valence-electron chi connectivity index (χ4n) is 1.01. The van der Waals surface area contributed by atoms with E-state index in [1.165, 1.54) is 6.07 Å². The second-order valence-corrected chi connectivity index (χ2v) is 4.02. The van der Waals surface area contributed by atoms with Crippen molar-refractivity contribution in [3.63, 3.8) is 0 Å². The molecule has 3 nitrogen and oxygen atoms in total. The first-order valence-electron chi connectivity index (χ1n) is 4.60. The van der Waals surface area contributed by atoms with Gasteiger partial charge in [0.25, 0.3) is 0 Å². The molecule has 1 heterocycles. The van der Waals surface area contributed by atoms with Gasteiger partial charge in [0, 0.05) is 6.42 Å². The van der Waals surface area contributed by atoms with Crippen LogP contribution < -0.4 is 10.5 Å². The van der Waals surface area contributed by atoms with E-state index < -0.39 is 12.6 Å². The molecule has 0 aromatic carbocycles. The molecule has 0 aliphatic rings. The van der Waals surface area contributed by atoms with Crippen LogP contribution in [0.5, 0.6) is 5.88 Å². The topological polar surface area (TPSA) is 48.1 Å². The minimum absolute atomic E-state index is 0.0156. The average molecular weight is 289 g/mol. The fourth-order valence-corrected chi connectivity index (χ4v) is 1.42. The molecule has 1 aromatic rings. The summed E-state index contributed by atoms with van der Waals surface area (Å²) in [6.07, 6.45) is -5.29. The Morgan fingerprint density at radius 2 is 1.94 bits per heavy atom. The number of nitrogen functional groups attached to an aromatic ring is 1. The molecule has 0 unspecified atom stereocenters. The highest BCUT2D eigenvalue weighted by molar-refractivity contribution is 6.36. The van der Waals surface area contributed by atoms with Gasteiger partial charge in [-0.05, 0) is 12.5 Å². The second kappa shape index (κ2) is 5.64. The minimum atomic E-state index is -4.19. The maximum absolute atomic E-state index is 11.8. The first-order chi connectivity index (χ1) is 7.79. The van der Waals surface area contributed by atoms with Crippen molar-refractivity contribution in [2.24, 2.45) is 0 Å². The van der Waals surface area contributed by atoms with E-state index in [9.17, 15) is 13.2 Å². The van der Waals surface area contributed by atoms with Gasteiger partial charge in [-0.1, -0.05) is 23.2 Å². The van der Waals surface area contributed by atoms with Gasteiger partial charge in [-0.3, -0.25) is 0 Å². The Kier molecular flexibility index (Phi) is 4.70. The molecule has 96 valence electrons. The van der Waals surface area contributed by atoms with E-state index in [-0.39, 0.29) is 34.8 Å². The van der Waals surface area contributed by atoms with Gasteiger partial charge in [-0.15, -0.1) is 0 Å². The van der Waals surface area contributed by atoms with Gasteiger partial charge in [-0.25, -0.2) is 0 Å². The van der Waals surface area contributed by atoms with Crippen LogP contribution >= 0.6 is 23.2 Å². The number of pyridine rings is 1. The van der Waals surface area contributed by atoms with Crippen molar-refractivity contribution in [1.29, 1.82) is 0 Å².